The highest BCUT2D eigenvalue weighted by atomic mass is 16.2. The standard InChI is InChI=1S/C14H25N5O/c1-2-13-7-3-4-9-19(13)14(20)11-18-10-12(16-17-18)6-5-8-15/h10,13H,2-9,11,15H2,1H3. The number of carbonyl (C=O) groups excluding carboxylic acids is 1. The summed E-state index contributed by atoms with van der Waals surface area (Å²) in [5.41, 5.74) is 6.39. The maximum Gasteiger partial charge on any atom is 0.244 e. The average Bonchev–Trinajstić information content (AvgIpc) is 2.92. The fraction of sp³-hybridized carbons (Fsp3) is 0.786. The summed E-state index contributed by atoms with van der Waals surface area (Å²) >= 11 is 0. The summed E-state index contributed by atoms with van der Waals surface area (Å²) in [7, 11) is 0. The van der Waals surface area contributed by atoms with E-state index in [1.165, 1.54) is 6.42 Å². The number of aryl methyl sites for hydroxylation is 1. The molecule has 0 aliphatic carbocycles. The van der Waals surface area contributed by atoms with Crippen LogP contribution in [-0.2, 0) is 17.8 Å². The Morgan fingerprint density at radius 2 is 2.35 bits per heavy atom. The van der Waals surface area contributed by atoms with Gasteiger partial charge >= 0.3 is 0 Å². The van der Waals surface area contributed by atoms with Crippen LogP contribution in [-0.4, -0.2) is 44.9 Å². The van der Waals surface area contributed by atoms with Crippen molar-refractivity contribution >= 4 is 5.91 Å². The van der Waals surface area contributed by atoms with Crippen LogP contribution in [0.1, 0.15) is 44.7 Å². The Hall–Kier alpha value is -1.43. The van der Waals surface area contributed by atoms with Crippen molar-refractivity contribution in [3.8, 4) is 0 Å². The highest BCUT2D eigenvalue weighted by Crippen LogP contribution is 2.19. The fourth-order valence-corrected chi connectivity index (χ4v) is 2.80. The number of amides is 1. The van der Waals surface area contributed by atoms with Gasteiger partial charge in [0, 0.05) is 18.8 Å². The van der Waals surface area contributed by atoms with Crippen LogP contribution in [0.15, 0.2) is 6.20 Å². The molecule has 0 saturated carbocycles. The second-order valence-electron chi connectivity index (χ2n) is 5.44. The van der Waals surface area contributed by atoms with E-state index in [1.54, 1.807) is 4.68 Å². The van der Waals surface area contributed by atoms with E-state index in [0.29, 0.717) is 19.1 Å². The smallest absolute Gasteiger partial charge is 0.244 e. The van der Waals surface area contributed by atoms with E-state index in [0.717, 1.165) is 44.3 Å². The third-order valence-electron chi connectivity index (χ3n) is 3.94. The van der Waals surface area contributed by atoms with Gasteiger partial charge in [0.15, 0.2) is 0 Å². The van der Waals surface area contributed by atoms with Gasteiger partial charge in [0.1, 0.15) is 6.54 Å². The molecule has 0 bridgehead atoms. The number of rotatable bonds is 6. The molecular weight excluding hydrogens is 254 g/mol. The number of hydrogen-bond acceptors (Lipinski definition) is 4. The molecule has 112 valence electrons. The van der Waals surface area contributed by atoms with E-state index >= 15 is 0 Å². The molecule has 0 spiro atoms. The van der Waals surface area contributed by atoms with Crippen LogP contribution in [0, 0.1) is 0 Å². The fourth-order valence-electron chi connectivity index (χ4n) is 2.80. The van der Waals surface area contributed by atoms with Crippen molar-refractivity contribution in [1.82, 2.24) is 19.9 Å². The molecule has 1 aromatic heterocycles. The number of likely N-dealkylation sites (tertiary alicyclic amines) is 1. The van der Waals surface area contributed by atoms with Crippen LogP contribution in [0.4, 0.5) is 0 Å². The Labute approximate surface area is 120 Å². The lowest BCUT2D eigenvalue weighted by molar-refractivity contribution is -0.135. The summed E-state index contributed by atoms with van der Waals surface area (Å²) in [4.78, 5) is 14.4. The number of carbonyl (C=O) groups is 1. The first kappa shape index (κ1) is 15.0. The van der Waals surface area contributed by atoms with E-state index in [4.69, 9.17) is 5.73 Å². The first-order valence-corrected chi connectivity index (χ1v) is 7.63. The van der Waals surface area contributed by atoms with Crippen LogP contribution in [0.5, 0.6) is 0 Å². The van der Waals surface area contributed by atoms with Gasteiger partial charge in [-0.2, -0.15) is 0 Å². The van der Waals surface area contributed by atoms with Gasteiger partial charge in [-0.25, -0.2) is 4.68 Å². The van der Waals surface area contributed by atoms with Gasteiger partial charge in [-0.1, -0.05) is 12.1 Å². The molecule has 6 nitrogen and oxygen atoms in total. The molecule has 1 unspecified atom stereocenters. The van der Waals surface area contributed by atoms with Crippen LogP contribution < -0.4 is 5.73 Å². The zero-order valence-corrected chi connectivity index (χ0v) is 12.3. The maximum absolute atomic E-state index is 12.4. The van der Waals surface area contributed by atoms with Gasteiger partial charge in [-0.3, -0.25) is 4.79 Å². The van der Waals surface area contributed by atoms with Crippen molar-refractivity contribution in [3.63, 3.8) is 0 Å². The maximum atomic E-state index is 12.4. The Morgan fingerprint density at radius 1 is 1.50 bits per heavy atom. The highest BCUT2D eigenvalue weighted by Gasteiger charge is 2.25. The molecule has 1 amide bonds. The average molecular weight is 279 g/mol. The molecule has 0 radical (unpaired) electrons. The van der Waals surface area contributed by atoms with Gasteiger partial charge in [-0.15, -0.1) is 5.10 Å². The van der Waals surface area contributed by atoms with Crippen molar-refractivity contribution in [3.05, 3.63) is 11.9 Å². The lowest BCUT2D eigenvalue weighted by atomic mass is 10.00. The number of nitrogens with two attached hydrogens (primary N) is 1. The van der Waals surface area contributed by atoms with E-state index in [-0.39, 0.29) is 5.91 Å². The first-order valence-electron chi connectivity index (χ1n) is 7.63. The highest BCUT2D eigenvalue weighted by molar-refractivity contribution is 5.76. The lowest BCUT2D eigenvalue weighted by Crippen LogP contribution is -2.44. The Kier molecular flexibility index (Phi) is 5.52. The largest absolute Gasteiger partial charge is 0.338 e. The molecule has 2 rings (SSSR count). The topological polar surface area (TPSA) is 77.0 Å². The molecule has 2 N–H and O–H groups in total. The molecule has 1 atom stereocenters. The molecular formula is C14H25N5O. The lowest BCUT2D eigenvalue weighted by Gasteiger charge is -2.35. The quantitative estimate of drug-likeness (QED) is 0.841. The minimum atomic E-state index is 0.159. The molecule has 1 fully saturated rings. The summed E-state index contributed by atoms with van der Waals surface area (Å²) in [6, 6.07) is 0.400. The number of hydrogen-bond donors (Lipinski definition) is 1. The Balaban J connectivity index is 1.91. The van der Waals surface area contributed by atoms with Gasteiger partial charge in [0.25, 0.3) is 0 Å². The molecule has 6 heteroatoms. The van der Waals surface area contributed by atoms with Crippen molar-refractivity contribution in [2.45, 2.75) is 58.0 Å². The minimum Gasteiger partial charge on any atom is -0.338 e. The minimum absolute atomic E-state index is 0.159. The zero-order valence-electron chi connectivity index (χ0n) is 12.3. The molecule has 1 aromatic rings. The summed E-state index contributed by atoms with van der Waals surface area (Å²) < 4.78 is 1.65. The van der Waals surface area contributed by atoms with Crippen molar-refractivity contribution in [1.29, 1.82) is 0 Å². The van der Waals surface area contributed by atoms with Crippen molar-refractivity contribution in [2.75, 3.05) is 13.1 Å². The van der Waals surface area contributed by atoms with Gasteiger partial charge in [-0.05, 0) is 45.1 Å². The van der Waals surface area contributed by atoms with E-state index in [1.807, 2.05) is 11.1 Å². The first-order chi connectivity index (χ1) is 9.74. The van der Waals surface area contributed by atoms with Gasteiger partial charge in [0.2, 0.25) is 5.91 Å². The second-order valence-corrected chi connectivity index (χ2v) is 5.44. The van der Waals surface area contributed by atoms with Crippen LogP contribution in [0.2, 0.25) is 0 Å². The van der Waals surface area contributed by atoms with E-state index in [2.05, 4.69) is 17.2 Å². The Morgan fingerprint density at radius 3 is 3.10 bits per heavy atom. The molecule has 0 aromatic carbocycles. The van der Waals surface area contributed by atoms with Crippen molar-refractivity contribution in [2.24, 2.45) is 5.73 Å². The van der Waals surface area contributed by atoms with Crippen LogP contribution in [0.3, 0.4) is 0 Å². The number of aromatic nitrogens is 3. The Bertz CT molecular complexity index is 431. The SMILES string of the molecule is CCC1CCCCN1C(=O)Cn1cc(CCCN)nn1. The van der Waals surface area contributed by atoms with Crippen LogP contribution in [0.25, 0.3) is 0 Å². The van der Waals surface area contributed by atoms with Crippen molar-refractivity contribution < 1.29 is 4.79 Å². The van der Waals surface area contributed by atoms with Gasteiger partial charge < -0.3 is 10.6 Å². The monoisotopic (exact) mass is 279 g/mol. The molecule has 1 saturated heterocycles. The summed E-state index contributed by atoms with van der Waals surface area (Å²) in [5, 5.41) is 8.11. The molecule has 1 aliphatic heterocycles. The van der Waals surface area contributed by atoms with Crippen LogP contribution >= 0.6 is 0 Å². The third kappa shape index (κ3) is 3.79. The summed E-state index contributed by atoms with van der Waals surface area (Å²) in [5.74, 6) is 0.159. The number of nitrogens with zero attached hydrogens (tertiary/aromatic N) is 4. The summed E-state index contributed by atoms with van der Waals surface area (Å²) in [6.45, 7) is 3.98. The molecule has 2 heterocycles. The van der Waals surface area contributed by atoms with E-state index in [9.17, 15) is 4.79 Å². The predicted octanol–water partition coefficient (Wildman–Crippen LogP) is 0.961. The molecule has 1 aliphatic rings. The zero-order chi connectivity index (χ0) is 14.4. The number of piperidine rings is 1. The molecule has 20 heavy (non-hydrogen) atoms. The van der Waals surface area contributed by atoms with Gasteiger partial charge in [0.05, 0.1) is 5.69 Å². The third-order valence-corrected chi connectivity index (χ3v) is 3.94. The second kappa shape index (κ2) is 7.38. The normalized spacial score (nSPS) is 19.3. The van der Waals surface area contributed by atoms with E-state index < -0.39 is 0 Å². The predicted molar refractivity (Wildman–Crippen MR) is 77.0 cm³/mol. The summed E-state index contributed by atoms with van der Waals surface area (Å²) in [6.07, 6.45) is 8.09.